The van der Waals surface area contributed by atoms with Gasteiger partial charge < -0.3 is 10.4 Å². The average Bonchev–Trinajstić information content (AvgIpc) is 2.99. The summed E-state index contributed by atoms with van der Waals surface area (Å²) in [5, 5.41) is 13.9. The molecule has 0 aromatic carbocycles. The van der Waals surface area contributed by atoms with Crippen LogP contribution in [0.15, 0.2) is 17.5 Å². The third-order valence-corrected chi connectivity index (χ3v) is 5.02. The highest BCUT2D eigenvalue weighted by molar-refractivity contribution is 7.10. The van der Waals surface area contributed by atoms with Gasteiger partial charge in [-0.2, -0.15) is 0 Å². The van der Waals surface area contributed by atoms with Gasteiger partial charge in [-0.25, -0.2) is 0 Å². The average molecular weight is 281 g/mol. The van der Waals surface area contributed by atoms with Crippen molar-refractivity contribution in [3.63, 3.8) is 0 Å². The summed E-state index contributed by atoms with van der Waals surface area (Å²) in [6.45, 7) is 3.80. The van der Waals surface area contributed by atoms with Crippen molar-refractivity contribution in [1.29, 1.82) is 0 Å². The maximum absolute atomic E-state index is 12.3. The summed E-state index contributed by atoms with van der Waals surface area (Å²) < 4.78 is 0. The first-order valence-electron chi connectivity index (χ1n) is 6.49. The van der Waals surface area contributed by atoms with E-state index in [1.54, 1.807) is 11.3 Å². The van der Waals surface area contributed by atoms with Gasteiger partial charge in [-0.05, 0) is 44.6 Å². The Morgan fingerprint density at radius 1 is 1.42 bits per heavy atom. The van der Waals surface area contributed by atoms with Crippen molar-refractivity contribution in [2.45, 2.75) is 44.6 Å². The smallest absolute Gasteiger partial charge is 0.306 e. The molecule has 1 aromatic heterocycles. The lowest BCUT2D eigenvalue weighted by Gasteiger charge is -2.24. The van der Waals surface area contributed by atoms with Gasteiger partial charge in [0.1, 0.15) is 0 Å². The molecule has 1 aliphatic rings. The lowest BCUT2D eigenvalue weighted by atomic mass is 9.90. The molecular weight excluding hydrogens is 262 g/mol. The molecular formula is C14H19NO3S. The van der Waals surface area contributed by atoms with Gasteiger partial charge in [0.25, 0.3) is 0 Å². The molecule has 0 aliphatic heterocycles. The van der Waals surface area contributed by atoms with Gasteiger partial charge in [0.15, 0.2) is 0 Å². The number of carboxylic acid groups (broad SMARTS) is 1. The number of nitrogens with one attached hydrogen (secondary N) is 1. The van der Waals surface area contributed by atoms with E-state index < -0.39 is 11.4 Å². The van der Waals surface area contributed by atoms with Crippen LogP contribution in [0.4, 0.5) is 0 Å². The van der Waals surface area contributed by atoms with E-state index in [1.807, 2.05) is 31.4 Å². The van der Waals surface area contributed by atoms with Crippen molar-refractivity contribution in [3.8, 4) is 0 Å². The van der Waals surface area contributed by atoms with E-state index >= 15 is 0 Å². The Bertz CT molecular complexity index is 467. The van der Waals surface area contributed by atoms with E-state index in [4.69, 9.17) is 5.11 Å². The molecule has 2 N–H and O–H groups in total. The normalized spacial score (nSPS) is 23.3. The molecule has 1 fully saturated rings. The Hall–Kier alpha value is -1.36. The van der Waals surface area contributed by atoms with Gasteiger partial charge >= 0.3 is 5.97 Å². The summed E-state index contributed by atoms with van der Waals surface area (Å²) in [6.07, 6.45) is 1.95. The molecule has 1 aromatic rings. The molecule has 1 aliphatic carbocycles. The predicted octanol–water partition coefficient (Wildman–Crippen LogP) is 2.40. The minimum absolute atomic E-state index is 0.00663. The molecule has 5 heteroatoms. The van der Waals surface area contributed by atoms with Crippen LogP contribution in [-0.2, 0) is 15.0 Å². The second-order valence-corrected chi connectivity index (χ2v) is 6.57. The lowest BCUT2D eigenvalue weighted by molar-refractivity contribution is -0.141. The number of rotatable bonds is 4. The van der Waals surface area contributed by atoms with Crippen LogP contribution in [-0.4, -0.2) is 23.0 Å². The molecule has 104 valence electrons. The standard InChI is InChI=1S/C14H19NO3S/c1-14(2,11-4-3-7-19-11)13(18)15-10-6-5-9(8-10)12(16)17/h3-4,7,9-10H,5-6,8H2,1-2H3,(H,15,18)(H,16,17)/t9-,10+/m1/s1. The second kappa shape index (κ2) is 5.33. The number of carbonyl (C=O) groups excluding carboxylic acids is 1. The molecule has 0 unspecified atom stereocenters. The Morgan fingerprint density at radius 2 is 2.16 bits per heavy atom. The number of amides is 1. The van der Waals surface area contributed by atoms with Crippen molar-refractivity contribution < 1.29 is 14.7 Å². The van der Waals surface area contributed by atoms with Crippen molar-refractivity contribution in [2.75, 3.05) is 0 Å². The quantitative estimate of drug-likeness (QED) is 0.890. The third kappa shape index (κ3) is 2.97. The molecule has 1 saturated carbocycles. The van der Waals surface area contributed by atoms with Gasteiger partial charge in [0.05, 0.1) is 11.3 Å². The number of hydrogen-bond acceptors (Lipinski definition) is 3. The SMILES string of the molecule is CC(C)(C(=O)N[C@H]1CC[C@@H](C(=O)O)C1)c1cccs1. The number of carboxylic acids is 1. The van der Waals surface area contributed by atoms with Crippen LogP contribution in [0, 0.1) is 5.92 Å². The Kier molecular flexibility index (Phi) is 3.94. The first kappa shape index (κ1) is 14.1. The number of thiophene rings is 1. The van der Waals surface area contributed by atoms with Crippen LogP contribution in [0.1, 0.15) is 38.0 Å². The van der Waals surface area contributed by atoms with E-state index in [2.05, 4.69) is 5.32 Å². The maximum Gasteiger partial charge on any atom is 0.306 e. The molecule has 2 rings (SSSR count). The zero-order valence-corrected chi connectivity index (χ0v) is 12.0. The Labute approximate surface area is 116 Å². The molecule has 4 nitrogen and oxygen atoms in total. The van der Waals surface area contributed by atoms with Crippen LogP contribution in [0.2, 0.25) is 0 Å². The highest BCUT2D eigenvalue weighted by Crippen LogP contribution is 2.30. The van der Waals surface area contributed by atoms with E-state index in [9.17, 15) is 9.59 Å². The molecule has 0 bridgehead atoms. The van der Waals surface area contributed by atoms with Crippen LogP contribution in [0.5, 0.6) is 0 Å². The molecule has 1 heterocycles. The number of carbonyl (C=O) groups is 2. The van der Waals surface area contributed by atoms with Crippen molar-refractivity contribution in [1.82, 2.24) is 5.32 Å². The summed E-state index contributed by atoms with van der Waals surface area (Å²) in [4.78, 5) is 24.3. The van der Waals surface area contributed by atoms with Gasteiger partial charge in [0, 0.05) is 10.9 Å². The number of aliphatic carboxylic acids is 1. The van der Waals surface area contributed by atoms with Crippen molar-refractivity contribution in [3.05, 3.63) is 22.4 Å². The van der Waals surface area contributed by atoms with Crippen LogP contribution in [0.25, 0.3) is 0 Å². The summed E-state index contributed by atoms with van der Waals surface area (Å²) in [5.41, 5.74) is -0.560. The molecule has 1 amide bonds. The fourth-order valence-corrected chi connectivity index (χ4v) is 3.30. The summed E-state index contributed by atoms with van der Waals surface area (Å²) >= 11 is 1.57. The summed E-state index contributed by atoms with van der Waals surface area (Å²) in [7, 11) is 0. The zero-order valence-electron chi connectivity index (χ0n) is 11.2. The highest BCUT2D eigenvalue weighted by atomic mass is 32.1. The third-order valence-electron chi connectivity index (χ3n) is 3.82. The topological polar surface area (TPSA) is 66.4 Å². The molecule has 0 spiro atoms. The molecule has 0 saturated heterocycles. The number of hydrogen-bond donors (Lipinski definition) is 2. The monoisotopic (exact) mass is 281 g/mol. The van der Waals surface area contributed by atoms with E-state index in [1.165, 1.54) is 0 Å². The summed E-state index contributed by atoms with van der Waals surface area (Å²) in [6, 6.07) is 3.89. The van der Waals surface area contributed by atoms with Gasteiger partial charge in [0.2, 0.25) is 5.91 Å². The van der Waals surface area contributed by atoms with Crippen molar-refractivity contribution >= 4 is 23.2 Å². The maximum atomic E-state index is 12.3. The summed E-state index contributed by atoms with van der Waals surface area (Å²) in [5.74, 6) is -1.09. The largest absolute Gasteiger partial charge is 0.481 e. The fraction of sp³-hybridized carbons (Fsp3) is 0.571. The molecule has 19 heavy (non-hydrogen) atoms. The first-order chi connectivity index (χ1) is 8.91. The fourth-order valence-electron chi connectivity index (χ4n) is 2.45. The highest BCUT2D eigenvalue weighted by Gasteiger charge is 2.35. The molecule has 0 radical (unpaired) electrons. The van der Waals surface area contributed by atoms with Crippen LogP contribution in [0.3, 0.4) is 0 Å². The Morgan fingerprint density at radius 3 is 2.68 bits per heavy atom. The minimum atomic E-state index is -0.755. The second-order valence-electron chi connectivity index (χ2n) is 5.62. The van der Waals surface area contributed by atoms with Crippen LogP contribution >= 0.6 is 11.3 Å². The lowest BCUT2D eigenvalue weighted by Crippen LogP contribution is -2.44. The predicted molar refractivity (Wildman–Crippen MR) is 74.3 cm³/mol. The van der Waals surface area contributed by atoms with Gasteiger partial charge in [-0.1, -0.05) is 6.07 Å². The zero-order chi connectivity index (χ0) is 14.0. The van der Waals surface area contributed by atoms with E-state index in [0.717, 1.165) is 11.3 Å². The minimum Gasteiger partial charge on any atom is -0.481 e. The van der Waals surface area contributed by atoms with Crippen LogP contribution < -0.4 is 5.32 Å². The van der Waals surface area contributed by atoms with Crippen molar-refractivity contribution in [2.24, 2.45) is 5.92 Å². The van der Waals surface area contributed by atoms with E-state index in [-0.39, 0.29) is 17.9 Å². The van der Waals surface area contributed by atoms with Gasteiger partial charge in [-0.3, -0.25) is 9.59 Å². The first-order valence-corrected chi connectivity index (χ1v) is 7.37. The van der Waals surface area contributed by atoms with Gasteiger partial charge in [-0.15, -0.1) is 11.3 Å². The van der Waals surface area contributed by atoms with E-state index in [0.29, 0.717) is 12.8 Å². The Balaban J connectivity index is 1.97. The molecule has 2 atom stereocenters.